The molecule has 2 nitrogen and oxygen atoms in total. The second-order valence-corrected chi connectivity index (χ2v) is 3.55. The van der Waals surface area contributed by atoms with Gasteiger partial charge in [-0.2, -0.15) is 0 Å². The van der Waals surface area contributed by atoms with E-state index in [1.807, 2.05) is 0 Å². The Morgan fingerprint density at radius 3 is 2.86 bits per heavy atom. The molecule has 1 amide bonds. The molecule has 0 saturated carbocycles. The molecule has 1 aliphatic rings. The predicted octanol–water partition coefficient (Wildman–Crippen LogP) is 2.46. The molecule has 0 aromatic rings. The summed E-state index contributed by atoms with van der Waals surface area (Å²) >= 11 is 11.5. The molecule has 0 saturated heterocycles. The third kappa shape index (κ3) is 3.43. The average Bonchev–Trinajstić information content (AvgIpc) is 2.28. The van der Waals surface area contributed by atoms with Gasteiger partial charge in [0.2, 0.25) is 5.91 Å². The monoisotopic (exact) mass is 229 g/mol. The van der Waals surface area contributed by atoms with Crippen molar-refractivity contribution in [2.24, 2.45) is 0 Å². The Balaban J connectivity index is 2.74. The summed E-state index contributed by atoms with van der Waals surface area (Å²) in [7, 11) is 0. The maximum absolute atomic E-state index is 10.7. The quantitative estimate of drug-likeness (QED) is 0.725. The minimum absolute atomic E-state index is 0.0753. The topological polar surface area (TPSA) is 29.1 Å². The standard InChI is InChI=1S/C10H9Cl2NO/c1-7(14)13-6-8-2-4-9(11)10(12)5-3-8/h2-4H,6H2,1H3,(H,13,14). The number of carbonyl (C=O) groups is 1. The van der Waals surface area contributed by atoms with Gasteiger partial charge in [-0.05, 0) is 17.7 Å². The Morgan fingerprint density at radius 2 is 2.21 bits per heavy atom. The lowest BCUT2D eigenvalue weighted by atomic mass is 10.2. The molecular formula is C10H9Cl2NO. The van der Waals surface area contributed by atoms with Gasteiger partial charge in [0.15, 0.2) is 0 Å². The summed E-state index contributed by atoms with van der Waals surface area (Å²) in [5, 5.41) is 3.49. The van der Waals surface area contributed by atoms with Crippen molar-refractivity contribution < 1.29 is 4.79 Å². The zero-order chi connectivity index (χ0) is 10.6. The van der Waals surface area contributed by atoms with Gasteiger partial charge in [0.1, 0.15) is 5.03 Å². The highest BCUT2D eigenvalue weighted by Crippen LogP contribution is 2.20. The summed E-state index contributed by atoms with van der Waals surface area (Å²) in [6.45, 7) is 1.92. The molecule has 14 heavy (non-hydrogen) atoms. The molecule has 1 aliphatic carbocycles. The van der Waals surface area contributed by atoms with E-state index in [0.29, 0.717) is 16.6 Å². The van der Waals surface area contributed by atoms with E-state index >= 15 is 0 Å². The number of allylic oxidation sites excluding steroid dienone is 3. The van der Waals surface area contributed by atoms with Crippen molar-refractivity contribution in [3.8, 4) is 0 Å². The van der Waals surface area contributed by atoms with E-state index in [1.54, 1.807) is 18.2 Å². The van der Waals surface area contributed by atoms with Crippen LogP contribution in [0.5, 0.6) is 0 Å². The molecule has 1 rings (SSSR count). The first kappa shape index (κ1) is 11.1. The smallest absolute Gasteiger partial charge is 0.217 e. The van der Waals surface area contributed by atoms with Crippen LogP contribution in [0.2, 0.25) is 0 Å². The van der Waals surface area contributed by atoms with E-state index in [9.17, 15) is 4.79 Å². The fourth-order valence-corrected chi connectivity index (χ4v) is 1.10. The maximum Gasteiger partial charge on any atom is 0.217 e. The summed E-state index contributed by atoms with van der Waals surface area (Å²) in [6, 6.07) is 0. The van der Waals surface area contributed by atoms with Crippen LogP contribution in [0, 0.1) is 0 Å². The van der Waals surface area contributed by atoms with Crippen molar-refractivity contribution in [3.63, 3.8) is 0 Å². The molecule has 0 unspecified atom stereocenters. The predicted molar refractivity (Wildman–Crippen MR) is 58.2 cm³/mol. The number of amides is 1. The summed E-state index contributed by atoms with van der Waals surface area (Å²) in [5.41, 5.74) is 3.70. The van der Waals surface area contributed by atoms with Gasteiger partial charge < -0.3 is 5.32 Å². The fourth-order valence-electron chi connectivity index (χ4n) is 0.863. The zero-order valence-corrected chi connectivity index (χ0v) is 9.12. The van der Waals surface area contributed by atoms with Crippen LogP contribution in [-0.4, -0.2) is 12.5 Å². The Hall–Kier alpha value is -0.950. The van der Waals surface area contributed by atoms with Crippen LogP contribution in [0.15, 0.2) is 39.6 Å². The average molecular weight is 230 g/mol. The van der Waals surface area contributed by atoms with Crippen molar-refractivity contribution in [1.82, 2.24) is 5.32 Å². The first-order valence-electron chi connectivity index (χ1n) is 4.03. The van der Waals surface area contributed by atoms with Gasteiger partial charge in [-0.1, -0.05) is 35.0 Å². The molecule has 74 valence electrons. The summed E-state index contributed by atoms with van der Waals surface area (Å²) < 4.78 is 0. The molecule has 0 radical (unpaired) electrons. The lowest BCUT2D eigenvalue weighted by molar-refractivity contribution is -0.118. The SMILES string of the molecule is CC(=O)NCC1=CC=C(Cl)C(Cl)=C=C1. The van der Waals surface area contributed by atoms with Crippen LogP contribution >= 0.6 is 23.2 Å². The van der Waals surface area contributed by atoms with E-state index in [4.69, 9.17) is 23.2 Å². The van der Waals surface area contributed by atoms with Gasteiger partial charge in [-0.25, -0.2) is 0 Å². The second-order valence-electron chi connectivity index (χ2n) is 2.77. The summed E-state index contributed by atoms with van der Waals surface area (Å²) in [6.07, 6.45) is 5.17. The molecule has 0 bridgehead atoms. The van der Waals surface area contributed by atoms with Gasteiger partial charge in [0.05, 0.1) is 5.03 Å². The molecule has 1 N–H and O–H groups in total. The number of carbonyl (C=O) groups excluding carboxylic acids is 1. The summed E-state index contributed by atoms with van der Waals surface area (Å²) in [5.74, 6) is -0.0753. The number of hydrogen-bond acceptors (Lipinski definition) is 1. The Kier molecular flexibility index (Phi) is 4.02. The number of hydrogen-bond donors (Lipinski definition) is 1. The molecule has 0 fully saturated rings. The Labute approximate surface area is 92.6 Å². The first-order valence-corrected chi connectivity index (χ1v) is 4.78. The Bertz CT molecular complexity index is 374. The maximum atomic E-state index is 10.7. The first-order chi connectivity index (χ1) is 6.59. The largest absolute Gasteiger partial charge is 0.352 e. The highest BCUT2D eigenvalue weighted by atomic mass is 35.5. The second kappa shape index (κ2) is 5.06. The van der Waals surface area contributed by atoms with Crippen LogP contribution in [0.3, 0.4) is 0 Å². The highest BCUT2D eigenvalue weighted by molar-refractivity contribution is 6.43. The fraction of sp³-hybridized carbons (Fsp3) is 0.200. The zero-order valence-electron chi connectivity index (χ0n) is 7.60. The van der Waals surface area contributed by atoms with Crippen molar-refractivity contribution >= 4 is 29.1 Å². The third-order valence-electron chi connectivity index (χ3n) is 1.58. The third-order valence-corrected chi connectivity index (χ3v) is 2.30. The molecule has 0 aliphatic heterocycles. The van der Waals surface area contributed by atoms with E-state index in [-0.39, 0.29) is 5.91 Å². The van der Waals surface area contributed by atoms with Crippen LogP contribution < -0.4 is 5.32 Å². The van der Waals surface area contributed by atoms with Crippen LogP contribution in [0.4, 0.5) is 0 Å². The lowest BCUT2D eigenvalue weighted by Crippen LogP contribution is -2.21. The van der Waals surface area contributed by atoms with E-state index in [2.05, 4.69) is 11.0 Å². The van der Waals surface area contributed by atoms with E-state index < -0.39 is 0 Å². The molecule has 0 heterocycles. The molecule has 0 spiro atoms. The lowest BCUT2D eigenvalue weighted by Gasteiger charge is -2.00. The normalized spacial score (nSPS) is 15.2. The summed E-state index contributed by atoms with van der Waals surface area (Å²) in [4.78, 5) is 10.7. The molecular weight excluding hydrogens is 221 g/mol. The van der Waals surface area contributed by atoms with Gasteiger partial charge in [-0.15, -0.1) is 0 Å². The number of rotatable bonds is 2. The van der Waals surface area contributed by atoms with Crippen molar-refractivity contribution in [2.45, 2.75) is 6.92 Å². The van der Waals surface area contributed by atoms with E-state index in [1.165, 1.54) is 6.92 Å². The van der Waals surface area contributed by atoms with Crippen LogP contribution in [-0.2, 0) is 4.79 Å². The minimum atomic E-state index is -0.0753. The molecule has 0 aromatic carbocycles. The molecule has 4 heteroatoms. The van der Waals surface area contributed by atoms with Gasteiger partial charge in [0.25, 0.3) is 0 Å². The number of halogens is 2. The van der Waals surface area contributed by atoms with Gasteiger partial charge in [0, 0.05) is 13.5 Å². The Morgan fingerprint density at radius 1 is 1.50 bits per heavy atom. The number of nitrogens with one attached hydrogen (secondary N) is 1. The van der Waals surface area contributed by atoms with E-state index in [0.717, 1.165) is 5.57 Å². The molecule has 0 atom stereocenters. The minimum Gasteiger partial charge on any atom is -0.352 e. The van der Waals surface area contributed by atoms with Crippen molar-refractivity contribution in [3.05, 3.63) is 39.6 Å². The highest BCUT2D eigenvalue weighted by Gasteiger charge is 2.00. The van der Waals surface area contributed by atoms with Crippen molar-refractivity contribution in [2.75, 3.05) is 6.54 Å². The van der Waals surface area contributed by atoms with Crippen LogP contribution in [0.25, 0.3) is 0 Å². The van der Waals surface area contributed by atoms with Crippen LogP contribution in [0.1, 0.15) is 6.92 Å². The van der Waals surface area contributed by atoms with Crippen molar-refractivity contribution in [1.29, 1.82) is 0 Å². The molecule has 0 aromatic heterocycles. The van der Waals surface area contributed by atoms with Gasteiger partial charge in [-0.3, -0.25) is 4.79 Å². The van der Waals surface area contributed by atoms with Gasteiger partial charge >= 0.3 is 0 Å².